The molecule has 0 aromatic heterocycles. The molecule has 148 valence electrons. The van der Waals surface area contributed by atoms with Gasteiger partial charge in [0.1, 0.15) is 0 Å². The summed E-state index contributed by atoms with van der Waals surface area (Å²) in [6.07, 6.45) is 7.42. The second-order valence-electron chi connectivity index (χ2n) is 7.41. The Labute approximate surface area is 164 Å². The van der Waals surface area contributed by atoms with Crippen molar-refractivity contribution < 1.29 is 14.3 Å². The third-order valence-electron chi connectivity index (χ3n) is 5.13. The van der Waals surface area contributed by atoms with E-state index < -0.39 is 24.7 Å². The molecule has 1 unspecified atom stereocenters. The summed E-state index contributed by atoms with van der Waals surface area (Å²) in [6, 6.07) is 8.77. The van der Waals surface area contributed by atoms with Crippen molar-refractivity contribution in [2.75, 3.05) is 0 Å². The predicted octanol–water partition coefficient (Wildman–Crippen LogP) is 6.03. The normalized spacial score (nSPS) is 12.7. The third-order valence-corrected chi connectivity index (χ3v) is 20.8. The molecule has 1 rings (SSSR count). The molecule has 0 bridgehead atoms. The van der Waals surface area contributed by atoms with Crippen LogP contribution in [0.3, 0.4) is 0 Å². The predicted molar refractivity (Wildman–Crippen MR) is 113 cm³/mol. The molecule has 0 saturated heterocycles. The van der Waals surface area contributed by atoms with Gasteiger partial charge in [-0.15, -0.1) is 0 Å². The number of carbonyl (C=O) groups is 1. The van der Waals surface area contributed by atoms with Gasteiger partial charge in [0.2, 0.25) is 0 Å². The standard InChI is InChI=1S/C10H11O3.3C4H9.Sn/c1-8(11)12-9(2)13-10-6-4-3-5-7-10;3*1-3-4-2;/h4-7,9H,1-2H3;3*1,3-4H2,2H3;. The van der Waals surface area contributed by atoms with Crippen LogP contribution >= 0.6 is 0 Å². The van der Waals surface area contributed by atoms with Gasteiger partial charge in [0.05, 0.1) is 0 Å². The number of hydrogen-bond donors (Lipinski definition) is 0. The van der Waals surface area contributed by atoms with Gasteiger partial charge in [0.25, 0.3) is 0 Å². The van der Waals surface area contributed by atoms with Crippen LogP contribution in [0.4, 0.5) is 0 Å². The zero-order valence-electron chi connectivity index (χ0n) is 17.5. The zero-order chi connectivity index (χ0) is 19.4. The Kier molecular flexibility index (Phi) is 11.3. The SMILES string of the molecule is CCC[CH2][Sn]([CH2]CCC)([CH2]CCC)[c]1ccc(OC(C)OC(C)=O)cc1. The third kappa shape index (κ3) is 7.89. The first-order valence-electron chi connectivity index (χ1n) is 10.4. The Bertz CT molecular complexity index is 491. The number of hydrogen-bond acceptors (Lipinski definition) is 3. The van der Waals surface area contributed by atoms with Crippen LogP contribution in [0, 0.1) is 0 Å². The Hall–Kier alpha value is -0.711. The number of esters is 1. The summed E-state index contributed by atoms with van der Waals surface area (Å²) in [5.41, 5.74) is 0. The van der Waals surface area contributed by atoms with E-state index in [-0.39, 0.29) is 5.97 Å². The van der Waals surface area contributed by atoms with Crippen LogP contribution in [0.2, 0.25) is 13.3 Å². The quantitative estimate of drug-likeness (QED) is 0.201. The van der Waals surface area contributed by atoms with Gasteiger partial charge in [0, 0.05) is 0 Å². The molecule has 0 radical (unpaired) electrons. The van der Waals surface area contributed by atoms with Crippen LogP contribution in [-0.2, 0) is 9.53 Å². The van der Waals surface area contributed by atoms with Gasteiger partial charge in [0.15, 0.2) is 0 Å². The van der Waals surface area contributed by atoms with Crippen molar-refractivity contribution in [3.63, 3.8) is 0 Å². The summed E-state index contributed by atoms with van der Waals surface area (Å²) in [4.78, 5) is 11.0. The Morgan fingerprint density at radius 2 is 1.38 bits per heavy atom. The average molecular weight is 469 g/mol. The molecular weight excluding hydrogens is 431 g/mol. The van der Waals surface area contributed by atoms with Crippen molar-refractivity contribution in [3.8, 4) is 5.75 Å². The van der Waals surface area contributed by atoms with Crippen LogP contribution in [0.25, 0.3) is 0 Å². The van der Waals surface area contributed by atoms with Gasteiger partial charge in [-0.1, -0.05) is 0 Å². The average Bonchev–Trinajstić information content (AvgIpc) is 2.61. The topological polar surface area (TPSA) is 35.5 Å². The van der Waals surface area contributed by atoms with E-state index >= 15 is 0 Å². The van der Waals surface area contributed by atoms with E-state index in [1.807, 2.05) is 0 Å². The van der Waals surface area contributed by atoms with E-state index in [2.05, 4.69) is 45.0 Å². The molecule has 0 aliphatic rings. The van der Waals surface area contributed by atoms with E-state index in [9.17, 15) is 4.79 Å². The summed E-state index contributed by atoms with van der Waals surface area (Å²) in [5, 5.41) is 0. The van der Waals surface area contributed by atoms with Gasteiger partial charge < -0.3 is 0 Å². The van der Waals surface area contributed by atoms with Crippen molar-refractivity contribution in [2.24, 2.45) is 0 Å². The molecule has 1 aromatic carbocycles. The van der Waals surface area contributed by atoms with Crippen molar-refractivity contribution in [2.45, 2.75) is 92.7 Å². The monoisotopic (exact) mass is 470 g/mol. The molecule has 0 heterocycles. The fraction of sp³-hybridized carbons (Fsp3) is 0.682. The van der Waals surface area contributed by atoms with Crippen molar-refractivity contribution in [1.82, 2.24) is 0 Å². The molecule has 0 aliphatic heterocycles. The minimum atomic E-state index is -2.36. The van der Waals surface area contributed by atoms with Crippen LogP contribution in [0.5, 0.6) is 5.75 Å². The van der Waals surface area contributed by atoms with E-state index in [4.69, 9.17) is 9.47 Å². The summed E-state index contributed by atoms with van der Waals surface area (Å²) in [6.45, 7) is 10.1. The Balaban J connectivity index is 2.98. The summed E-state index contributed by atoms with van der Waals surface area (Å²) in [5.74, 6) is 0.465. The number of rotatable bonds is 13. The van der Waals surface area contributed by atoms with Gasteiger partial charge in [-0.2, -0.15) is 0 Å². The Morgan fingerprint density at radius 3 is 1.77 bits per heavy atom. The summed E-state index contributed by atoms with van der Waals surface area (Å²) < 4.78 is 16.8. The van der Waals surface area contributed by atoms with Crippen molar-refractivity contribution >= 4 is 27.9 Å². The number of unbranched alkanes of at least 4 members (excludes halogenated alkanes) is 3. The van der Waals surface area contributed by atoms with Gasteiger partial charge >= 0.3 is 165 Å². The molecule has 4 heteroatoms. The fourth-order valence-corrected chi connectivity index (χ4v) is 19.6. The molecular formula is C22H38O3Sn. The summed E-state index contributed by atoms with van der Waals surface area (Å²) in [7, 11) is 0. The Morgan fingerprint density at radius 1 is 0.923 bits per heavy atom. The molecule has 0 N–H and O–H groups in total. The fourth-order valence-electron chi connectivity index (χ4n) is 3.69. The van der Waals surface area contributed by atoms with Gasteiger partial charge in [-0.3, -0.25) is 0 Å². The first-order chi connectivity index (χ1) is 12.5. The van der Waals surface area contributed by atoms with Gasteiger partial charge in [-0.05, 0) is 0 Å². The summed E-state index contributed by atoms with van der Waals surface area (Å²) >= 11 is -2.36. The van der Waals surface area contributed by atoms with E-state index in [0.717, 1.165) is 5.75 Å². The molecule has 26 heavy (non-hydrogen) atoms. The number of benzene rings is 1. The van der Waals surface area contributed by atoms with E-state index in [1.54, 1.807) is 10.5 Å². The first-order valence-corrected chi connectivity index (χ1v) is 17.9. The van der Waals surface area contributed by atoms with Gasteiger partial charge in [-0.25, -0.2) is 0 Å². The first kappa shape index (κ1) is 23.3. The molecule has 0 aliphatic carbocycles. The van der Waals surface area contributed by atoms with Crippen LogP contribution in [-0.4, -0.2) is 30.6 Å². The van der Waals surface area contributed by atoms with Crippen LogP contribution in [0.1, 0.15) is 73.1 Å². The molecule has 3 nitrogen and oxygen atoms in total. The number of carbonyl (C=O) groups excluding carboxylic acids is 1. The molecule has 1 atom stereocenters. The molecule has 0 saturated carbocycles. The number of ether oxygens (including phenoxy) is 2. The minimum absolute atomic E-state index is 0.317. The second kappa shape index (κ2) is 12.6. The van der Waals surface area contributed by atoms with E-state index in [1.165, 1.54) is 58.8 Å². The van der Waals surface area contributed by atoms with Crippen LogP contribution in [0.15, 0.2) is 24.3 Å². The van der Waals surface area contributed by atoms with Crippen LogP contribution < -0.4 is 8.32 Å². The molecule has 0 amide bonds. The maximum atomic E-state index is 11.0. The molecule has 0 spiro atoms. The maximum absolute atomic E-state index is 11.0. The zero-order valence-corrected chi connectivity index (χ0v) is 20.3. The van der Waals surface area contributed by atoms with E-state index in [0.29, 0.717) is 0 Å². The second-order valence-corrected chi connectivity index (χ2v) is 20.6. The van der Waals surface area contributed by atoms with Crippen molar-refractivity contribution in [3.05, 3.63) is 24.3 Å². The molecule has 1 aromatic rings. The van der Waals surface area contributed by atoms with Crippen molar-refractivity contribution in [1.29, 1.82) is 0 Å². The molecule has 0 fully saturated rings.